The van der Waals surface area contributed by atoms with E-state index in [0.29, 0.717) is 0 Å². The largest absolute Gasteiger partial charge is 0.478 e. The number of benzene rings is 2. The fraction of sp³-hybridized carbons (Fsp3) is 0.118. The highest BCUT2D eigenvalue weighted by Gasteiger charge is 2.16. The first-order chi connectivity index (χ1) is 9.63. The third kappa shape index (κ3) is 2.54. The molecule has 100 valence electrons. The number of hydrogen-bond donors (Lipinski definition) is 1. The molecule has 2 nitrogen and oxygen atoms in total. The standard InChI is InChI=1S/C17H13BrO2/c18-14-5-7-16-13(10-14)4-3-12-9-11(1-6-15(12)16)2-8-17(19)20/h1-2,5-10H,3-4H2,(H,19,20). The lowest BCUT2D eigenvalue weighted by Crippen LogP contribution is -2.04. The Hall–Kier alpha value is -1.87. The average Bonchev–Trinajstić information content (AvgIpc) is 2.44. The zero-order valence-electron chi connectivity index (χ0n) is 10.8. The Kier molecular flexibility index (Phi) is 3.45. The van der Waals surface area contributed by atoms with Crippen molar-refractivity contribution in [2.75, 3.05) is 0 Å². The number of halogens is 1. The summed E-state index contributed by atoms with van der Waals surface area (Å²) in [6.07, 6.45) is 4.83. The predicted octanol–water partition coefficient (Wildman–Crippen LogP) is 4.31. The van der Waals surface area contributed by atoms with Gasteiger partial charge >= 0.3 is 5.97 Å². The molecule has 2 aromatic carbocycles. The van der Waals surface area contributed by atoms with Gasteiger partial charge in [0.15, 0.2) is 0 Å². The number of carboxylic acids is 1. The Morgan fingerprint density at radius 1 is 1.05 bits per heavy atom. The van der Waals surface area contributed by atoms with Crippen LogP contribution in [0.4, 0.5) is 0 Å². The van der Waals surface area contributed by atoms with Crippen molar-refractivity contribution in [1.82, 2.24) is 0 Å². The van der Waals surface area contributed by atoms with Crippen LogP contribution in [0.2, 0.25) is 0 Å². The summed E-state index contributed by atoms with van der Waals surface area (Å²) in [4.78, 5) is 10.6. The normalized spacial score (nSPS) is 13.1. The first kappa shape index (κ1) is 13.1. The number of fused-ring (bicyclic) bond motifs is 3. The molecule has 0 aromatic heterocycles. The van der Waals surface area contributed by atoms with E-state index in [1.807, 2.05) is 6.07 Å². The third-order valence-electron chi connectivity index (χ3n) is 3.57. The Morgan fingerprint density at radius 2 is 1.70 bits per heavy atom. The number of aryl methyl sites for hydroxylation is 2. The van der Waals surface area contributed by atoms with E-state index in [-0.39, 0.29) is 0 Å². The molecule has 1 aliphatic rings. The smallest absolute Gasteiger partial charge is 0.328 e. The van der Waals surface area contributed by atoms with Gasteiger partial charge in [0.05, 0.1) is 0 Å². The first-order valence-corrected chi connectivity index (χ1v) is 7.25. The van der Waals surface area contributed by atoms with E-state index < -0.39 is 5.97 Å². The van der Waals surface area contributed by atoms with Gasteiger partial charge in [-0.05, 0) is 58.9 Å². The van der Waals surface area contributed by atoms with Crippen LogP contribution in [0.25, 0.3) is 17.2 Å². The second kappa shape index (κ2) is 5.25. The molecule has 0 heterocycles. The lowest BCUT2D eigenvalue weighted by Gasteiger charge is -2.20. The van der Waals surface area contributed by atoms with E-state index in [2.05, 4.69) is 46.3 Å². The van der Waals surface area contributed by atoms with Gasteiger partial charge in [-0.1, -0.05) is 40.2 Å². The van der Waals surface area contributed by atoms with Crippen LogP contribution in [0.15, 0.2) is 46.9 Å². The fourth-order valence-electron chi connectivity index (χ4n) is 2.66. The zero-order chi connectivity index (χ0) is 14.1. The topological polar surface area (TPSA) is 37.3 Å². The summed E-state index contributed by atoms with van der Waals surface area (Å²) in [7, 11) is 0. The summed E-state index contributed by atoms with van der Waals surface area (Å²) in [6.45, 7) is 0. The summed E-state index contributed by atoms with van der Waals surface area (Å²) < 4.78 is 1.11. The maximum absolute atomic E-state index is 10.6. The highest BCUT2D eigenvalue weighted by molar-refractivity contribution is 9.10. The highest BCUT2D eigenvalue weighted by Crippen LogP contribution is 2.35. The molecular formula is C17H13BrO2. The van der Waals surface area contributed by atoms with Crippen molar-refractivity contribution >= 4 is 28.0 Å². The first-order valence-electron chi connectivity index (χ1n) is 6.46. The van der Waals surface area contributed by atoms with Gasteiger partial charge in [-0.3, -0.25) is 0 Å². The second-order valence-electron chi connectivity index (χ2n) is 4.89. The highest BCUT2D eigenvalue weighted by atomic mass is 79.9. The van der Waals surface area contributed by atoms with Crippen LogP contribution in [0.5, 0.6) is 0 Å². The molecule has 0 atom stereocenters. The Labute approximate surface area is 125 Å². The Bertz CT molecular complexity index is 717. The van der Waals surface area contributed by atoms with Crippen LogP contribution in [0.3, 0.4) is 0 Å². The van der Waals surface area contributed by atoms with E-state index in [1.165, 1.54) is 28.3 Å². The molecule has 0 radical (unpaired) electrons. The Morgan fingerprint density at radius 3 is 2.40 bits per heavy atom. The Balaban J connectivity index is 2.03. The molecule has 20 heavy (non-hydrogen) atoms. The zero-order valence-corrected chi connectivity index (χ0v) is 12.4. The fourth-order valence-corrected chi connectivity index (χ4v) is 3.06. The van der Waals surface area contributed by atoms with E-state index in [4.69, 9.17) is 5.11 Å². The molecule has 0 saturated heterocycles. The van der Waals surface area contributed by atoms with Crippen LogP contribution in [-0.4, -0.2) is 11.1 Å². The number of carboxylic acid groups (broad SMARTS) is 1. The van der Waals surface area contributed by atoms with Gasteiger partial charge in [-0.15, -0.1) is 0 Å². The van der Waals surface area contributed by atoms with E-state index in [0.717, 1.165) is 22.9 Å². The average molecular weight is 329 g/mol. The van der Waals surface area contributed by atoms with Gasteiger partial charge in [-0.25, -0.2) is 4.79 Å². The summed E-state index contributed by atoms with van der Waals surface area (Å²) in [5, 5.41) is 8.68. The van der Waals surface area contributed by atoms with Crippen LogP contribution >= 0.6 is 15.9 Å². The molecule has 0 spiro atoms. The van der Waals surface area contributed by atoms with Crippen LogP contribution in [0.1, 0.15) is 16.7 Å². The molecule has 0 bridgehead atoms. The minimum atomic E-state index is -0.919. The SMILES string of the molecule is O=C(O)C=Cc1ccc2c(c1)CCc1cc(Br)ccc1-2. The molecule has 3 heteroatoms. The number of carbonyl (C=O) groups is 1. The molecule has 0 fully saturated rings. The van der Waals surface area contributed by atoms with Crippen molar-refractivity contribution in [1.29, 1.82) is 0 Å². The molecular weight excluding hydrogens is 316 g/mol. The van der Waals surface area contributed by atoms with Gasteiger partial charge in [0.2, 0.25) is 0 Å². The van der Waals surface area contributed by atoms with Gasteiger partial charge in [0.1, 0.15) is 0 Å². The van der Waals surface area contributed by atoms with E-state index >= 15 is 0 Å². The summed E-state index contributed by atoms with van der Waals surface area (Å²) in [5.74, 6) is -0.919. The minimum absolute atomic E-state index is 0.919. The van der Waals surface area contributed by atoms with Gasteiger partial charge in [0, 0.05) is 10.5 Å². The minimum Gasteiger partial charge on any atom is -0.478 e. The van der Waals surface area contributed by atoms with Crippen molar-refractivity contribution < 1.29 is 9.90 Å². The number of aliphatic carboxylic acids is 1. The molecule has 1 N–H and O–H groups in total. The maximum Gasteiger partial charge on any atom is 0.328 e. The number of hydrogen-bond acceptors (Lipinski definition) is 1. The monoisotopic (exact) mass is 328 g/mol. The lowest BCUT2D eigenvalue weighted by molar-refractivity contribution is -0.131. The third-order valence-corrected chi connectivity index (χ3v) is 4.06. The molecule has 2 aromatic rings. The van der Waals surface area contributed by atoms with Crippen molar-refractivity contribution in [2.45, 2.75) is 12.8 Å². The molecule has 0 saturated carbocycles. The van der Waals surface area contributed by atoms with E-state index in [1.54, 1.807) is 6.08 Å². The van der Waals surface area contributed by atoms with Crippen molar-refractivity contribution in [3.63, 3.8) is 0 Å². The molecule has 0 aliphatic heterocycles. The lowest BCUT2D eigenvalue weighted by atomic mass is 9.85. The summed E-state index contributed by atoms with van der Waals surface area (Å²) >= 11 is 3.51. The van der Waals surface area contributed by atoms with Gasteiger partial charge < -0.3 is 5.11 Å². The predicted molar refractivity (Wildman–Crippen MR) is 83.7 cm³/mol. The summed E-state index contributed by atoms with van der Waals surface area (Å²) in [6, 6.07) is 12.5. The number of rotatable bonds is 2. The maximum atomic E-state index is 10.6. The molecule has 0 unspecified atom stereocenters. The van der Waals surface area contributed by atoms with Gasteiger partial charge in [0.25, 0.3) is 0 Å². The molecule has 1 aliphatic carbocycles. The molecule has 0 amide bonds. The molecule has 3 rings (SSSR count). The van der Waals surface area contributed by atoms with Crippen LogP contribution in [-0.2, 0) is 17.6 Å². The van der Waals surface area contributed by atoms with Crippen molar-refractivity contribution in [2.24, 2.45) is 0 Å². The second-order valence-corrected chi connectivity index (χ2v) is 5.81. The van der Waals surface area contributed by atoms with Crippen molar-refractivity contribution in [3.8, 4) is 11.1 Å². The van der Waals surface area contributed by atoms with Crippen LogP contribution in [0, 0.1) is 0 Å². The van der Waals surface area contributed by atoms with Crippen LogP contribution < -0.4 is 0 Å². The van der Waals surface area contributed by atoms with Gasteiger partial charge in [-0.2, -0.15) is 0 Å². The summed E-state index contributed by atoms with van der Waals surface area (Å²) in [5.41, 5.74) is 6.12. The van der Waals surface area contributed by atoms with E-state index in [9.17, 15) is 4.79 Å². The quantitative estimate of drug-likeness (QED) is 0.834. The van der Waals surface area contributed by atoms with Crippen molar-refractivity contribution in [3.05, 3.63) is 63.6 Å².